The van der Waals surface area contributed by atoms with E-state index in [2.05, 4.69) is 29.5 Å². The number of rotatable bonds is 7. The number of carbonyl (C=O) groups excluding carboxylic acids is 2. The number of ether oxygens (including phenoxy) is 2. The molecule has 0 aliphatic carbocycles. The van der Waals surface area contributed by atoms with Gasteiger partial charge in [-0.1, -0.05) is 18.2 Å². The van der Waals surface area contributed by atoms with Crippen molar-refractivity contribution in [2.45, 2.75) is 26.2 Å². The summed E-state index contributed by atoms with van der Waals surface area (Å²) in [5.74, 6) is 0.799. The third-order valence-corrected chi connectivity index (χ3v) is 6.60. The molecule has 0 radical (unpaired) electrons. The minimum Gasteiger partial charge on any atom is -0.493 e. The molecule has 1 amide bonds. The Morgan fingerprint density at radius 1 is 1.10 bits per heavy atom. The van der Waals surface area contributed by atoms with Gasteiger partial charge in [0.2, 0.25) is 5.91 Å². The minimum absolute atomic E-state index is 0.114. The molecule has 4 rings (SSSR count). The summed E-state index contributed by atoms with van der Waals surface area (Å²) in [6.45, 7) is 2.65. The summed E-state index contributed by atoms with van der Waals surface area (Å²) in [4.78, 5) is 25.2. The molecule has 0 saturated heterocycles. The SMILES string of the molecule is COc1ccc(C(=O)CCC(=O)N2CCC(c3csc4c(C)cccc34)=N2)cc1OC. The van der Waals surface area contributed by atoms with Crippen molar-refractivity contribution >= 4 is 38.8 Å². The number of nitrogens with zero attached hydrogens (tertiary/aromatic N) is 2. The summed E-state index contributed by atoms with van der Waals surface area (Å²) in [5, 5.41) is 9.37. The van der Waals surface area contributed by atoms with Crippen LogP contribution in [-0.4, -0.2) is 43.2 Å². The van der Waals surface area contributed by atoms with E-state index in [1.807, 2.05) is 6.07 Å². The number of Topliss-reactive ketones (excluding diaryl/α,β-unsaturated/α-hetero) is 1. The van der Waals surface area contributed by atoms with Crippen LogP contribution < -0.4 is 9.47 Å². The number of fused-ring (bicyclic) bond motifs is 1. The van der Waals surface area contributed by atoms with E-state index in [9.17, 15) is 9.59 Å². The maximum Gasteiger partial charge on any atom is 0.243 e. The van der Waals surface area contributed by atoms with Crippen LogP contribution in [-0.2, 0) is 4.79 Å². The molecule has 0 N–H and O–H groups in total. The zero-order valence-electron chi connectivity index (χ0n) is 17.8. The Kier molecular flexibility index (Phi) is 6.04. The van der Waals surface area contributed by atoms with Gasteiger partial charge in [-0.25, -0.2) is 5.01 Å². The summed E-state index contributed by atoms with van der Waals surface area (Å²) in [6.07, 6.45) is 0.957. The summed E-state index contributed by atoms with van der Waals surface area (Å²) in [7, 11) is 3.07. The highest BCUT2D eigenvalue weighted by molar-refractivity contribution is 7.17. The fraction of sp³-hybridized carbons (Fsp3) is 0.292. The van der Waals surface area contributed by atoms with Gasteiger partial charge in [-0.2, -0.15) is 5.10 Å². The summed E-state index contributed by atoms with van der Waals surface area (Å²) < 4.78 is 11.7. The van der Waals surface area contributed by atoms with E-state index in [-0.39, 0.29) is 24.5 Å². The fourth-order valence-corrected chi connectivity index (χ4v) is 4.81. The van der Waals surface area contributed by atoms with Crippen LogP contribution in [0.1, 0.15) is 40.7 Å². The number of amides is 1. The van der Waals surface area contributed by atoms with Crippen LogP contribution in [0.15, 0.2) is 46.9 Å². The van der Waals surface area contributed by atoms with Crippen LogP contribution in [0.3, 0.4) is 0 Å². The van der Waals surface area contributed by atoms with Crippen LogP contribution in [0.25, 0.3) is 10.1 Å². The van der Waals surface area contributed by atoms with Crippen molar-refractivity contribution in [2.24, 2.45) is 5.10 Å². The van der Waals surface area contributed by atoms with Gasteiger partial charge >= 0.3 is 0 Å². The first-order valence-corrected chi connectivity index (χ1v) is 11.0. The van der Waals surface area contributed by atoms with Crippen molar-refractivity contribution in [1.29, 1.82) is 0 Å². The van der Waals surface area contributed by atoms with Crippen LogP contribution >= 0.6 is 11.3 Å². The van der Waals surface area contributed by atoms with Gasteiger partial charge in [0.05, 0.1) is 26.5 Å². The van der Waals surface area contributed by atoms with E-state index < -0.39 is 0 Å². The second-order valence-electron chi connectivity index (χ2n) is 7.41. The maximum atomic E-state index is 12.7. The molecule has 2 heterocycles. The molecule has 31 heavy (non-hydrogen) atoms. The molecule has 0 unspecified atom stereocenters. The largest absolute Gasteiger partial charge is 0.493 e. The number of hydrogen-bond acceptors (Lipinski definition) is 6. The van der Waals surface area contributed by atoms with E-state index in [0.717, 1.165) is 17.7 Å². The normalized spacial score (nSPS) is 13.4. The lowest BCUT2D eigenvalue weighted by Crippen LogP contribution is -2.23. The highest BCUT2D eigenvalue weighted by Gasteiger charge is 2.24. The standard InChI is InChI=1S/C24H24N2O4S/c1-15-5-4-6-17-18(14-31-24(15)17)19-11-12-26(25-19)23(28)10-8-20(27)16-7-9-21(29-2)22(13-16)30-3/h4-7,9,13-14H,8,10-12H2,1-3H3. The molecule has 1 aliphatic rings. The van der Waals surface area contributed by atoms with E-state index >= 15 is 0 Å². The molecule has 7 heteroatoms. The average Bonchev–Trinajstić information content (AvgIpc) is 3.44. The number of hydrazone groups is 1. The lowest BCUT2D eigenvalue weighted by Gasteiger charge is -2.11. The molecule has 6 nitrogen and oxygen atoms in total. The number of ketones is 1. The van der Waals surface area contributed by atoms with Crippen molar-refractivity contribution in [1.82, 2.24) is 5.01 Å². The van der Waals surface area contributed by atoms with Crippen molar-refractivity contribution < 1.29 is 19.1 Å². The Morgan fingerprint density at radius 2 is 1.90 bits per heavy atom. The molecule has 1 aliphatic heterocycles. The number of aryl methyl sites for hydroxylation is 1. The van der Waals surface area contributed by atoms with Crippen LogP contribution in [0.4, 0.5) is 0 Å². The summed E-state index contributed by atoms with van der Waals surface area (Å²) in [6, 6.07) is 11.3. The third-order valence-electron chi connectivity index (χ3n) is 5.47. The maximum absolute atomic E-state index is 12.7. The van der Waals surface area contributed by atoms with Crippen LogP contribution in [0.5, 0.6) is 11.5 Å². The van der Waals surface area contributed by atoms with Crippen LogP contribution in [0, 0.1) is 6.92 Å². The lowest BCUT2D eigenvalue weighted by atomic mass is 10.1. The quantitative estimate of drug-likeness (QED) is 0.498. The summed E-state index contributed by atoms with van der Waals surface area (Å²) >= 11 is 1.71. The molecular weight excluding hydrogens is 412 g/mol. The zero-order chi connectivity index (χ0) is 22.0. The Balaban J connectivity index is 1.42. The second-order valence-corrected chi connectivity index (χ2v) is 8.29. The second kappa shape index (κ2) is 8.89. The molecule has 2 aromatic carbocycles. The van der Waals surface area contributed by atoms with Crippen molar-refractivity contribution in [2.75, 3.05) is 20.8 Å². The van der Waals surface area contributed by atoms with Crippen molar-refractivity contribution in [3.05, 3.63) is 58.5 Å². The molecule has 0 fully saturated rings. The molecule has 3 aromatic rings. The predicted molar refractivity (Wildman–Crippen MR) is 123 cm³/mol. The monoisotopic (exact) mass is 436 g/mol. The topological polar surface area (TPSA) is 68.2 Å². The first kappa shape index (κ1) is 21.1. The van der Waals surface area contributed by atoms with E-state index in [4.69, 9.17) is 9.47 Å². The number of benzene rings is 2. The first-order chi connectivity index (χ1) is 15.0. The minimum atomic E-state index is -0.139. The van der Waals surface area contributed by atoms with Gasteiger partial charge in [0.15, 0.2) is 17.3 Å². The number of methoxy groups -OCH3 is 2. The van der Waals surface area contributed by atoms with Crippen molar-refractivity contribution in [3.8, 4) is 11.5 Å². The van der Waals surface area contributed by atoms with Gasteiger partial charge in [0, 0.05) is 45.9 Å². The lowest BCUT2D eigenvalue weighted by molar-refractivity contribution is -0.130. The van der Waals surface area contributed by atoms with E-state index in [0.29, 0.717) is 23.6 Å². The average molecular weight is 437 g/mol. The van der Waals surface area contributed by atoms with Gasteiger partial charge in [0.1, 0.15) is 0 Å². The Bertz CT molecular complexity index is 1180. The van der Waals surface area contributed by atoms with Crippen LogP contribution in [0.2, 0.25) is 0 Å². The van der Waals surface area contributed by atoms with Crippen molar-refractivity contribution in [3.63, 3.8) is 0 Å². The highest BCUT2D eigenvalue weighted by Crippen LogP contribution is 2.31. The highest BCUT2D eigenvalue weighted by atomic mass is 32.1. The third kappa shape index (κ3) is 4.18. The van der Waals surface area contributed by atoms with Gasteiger partial charge in [-0.3, -0.25) is 9.59 Å². The summed E-state index contributed by atoms with van der Waals surface area (Å²) in [5.41, 5.74) is 3.77. The van der Waals surface area contributed by atoms with Gasteiger partial charge in [0.25, 0.3) is 0 Å². The predicted octanol–water partition coefficient (Wildman–Crippen LogP) is 4.83. The molecular formula is C24H24N2O4S. The smallest absolute Gasteiger partial charge is 0.243 e. The van der Waals surface area contributed by atoms with Gasteiger partial charge in [-0.15, -0.1) is 11.3 Å². The number of carbonyl (C=O) groups is 2. The van der Waals surface area contributed by atoms with Gasteiger partial charge < -0.3 is 9.47 Å². The molecule has 0 spiro atoms. The van der Waals surface area contributed by atoms with E-state index in [1.165, 1.54) is 27.8 Å². The zero-order valence-corrected chi connectivity index (χ0v) is 18.6. The van der Waals surface area contributed by atoms with E-state index in [1.54, 1.807) is 36.6 Å². The number of thiophene rings is 1. The molecule has 160 valence electrons. The fourth-order valence-electron chi connectivity index (χ4n) is 3.76. The Hall–Kier alpha value is -3.19. The Morgan fingerprint density at radius 3 is 2.68 bits per heavy atom. The first-order valence-electron chi connectivity index (χ1n) is 10.1. The molecule has 0 saturated carbocycles. The Labute approximate surface area is 185 Å². The molecule has 0 atom stereocenters. The molecule has 0 bridgehead atoms. The molecule has 1 aromatic heterocycles. The number of hydrogen-bond donors (Lipinski definition) is 0. The van der Waals surface area contributed by atoms with Gasteiger partial charge in [-0.05, 0) is 30.7 Å².